The predicted octanol–water partition coefficient (Wildman–Crippen LogP) is 1.99. The summed E-state index contributed by atoms with van der Waals surface area (Å²) < 4.78 is 1.17. The fraction of sp³-hybridized carbons (Fsp3) is 0.214. The summed E-state index contributed by atoms with van der Waals surface area (Å²) in [7, 11) is 1.48. The molecule has 1 heterocycles. The lowest BCUT2D eigenvalue weighted by molar-refractivity contribution is 0.0680. The van der Waals surface area contributed by atoms with Gasteiger partial charge < -0.3 is 10.4 Å². The number of rotatable bonds is 3. The number of carboxylic acid groups (broad SMARTS) is 1. The molecule has 6 nitrogen and oxygen atoms in total. The Morgan fingerprint density at radius 3 is 2.60 bits per heavy atom. The van der Waals surface area contributed by atoms with Crippen LogP contribution in [0.25, 0.3) is 0 Å². The van der Waals surface area contributed by atoms with Gasteiger partial charge in [0, 0.05) is 12.7 Å². The van der Waals surface area contributed by atoms with Gasteiger partial charge in [-0.05, 0) is 25.5 Å². The summed E-state index contributed by atoms with van der Waals surface area (Å²) in [4.78, 5) is 23.3. The zero-order valence-corrected chi connectivity index (χ0v) is 11.5. The van der Waals surface area contributed by atoms with Crippen LogP contribution in [0.5, 0.6) is 0 Å². The van der Waals surface area contributed by atoms with Crippen molar-refractivity contribution in [2.45, 2.75) is 13.8 Å². The fourth-order valence-electron chi connectivity index (χ4n) is 2.00. The first-order chi connectivity index (χ1) is 9.40. The van der Waals surface area contributed by atoms with Crippen LogP contribution >= 0.6 is 0 Å². The van der Waals surface area contributed by atoms with Crippen LogP contribution in [0.2, 0.25) is 0 Å². The predicted molar refractivity (Wildman–Crippen MR) is 74.0 cm³/mol. The van der Waals surface area contributed by atoms with E-state index in [0.29, 0.717) is 5.69 Å². The molecule has 2 rings (SSSR count). The molecule has 0 aliphatic rings. The molecule has 1 amide bonds. The third-order valence-electron chi connectivity index (χ3n) is 3.02. The molecule has 2 aromatic rings. The van der Waals surface area contributed by atoms with Crippen LogP contribution in [0.1, 0.15) is 32.0 Å². The molecule has 0 atom stereocenters. The van der Waals surface area contributed by atoms with Gasteiger partial charge in [0.2, 0.25) is 0 Å². The molecule has 1 aromatic heterocycles. The van der Waals surface area contributed by atoms with Crippen molar-refractivity contribution in [1.29, 1.82) is 0 Å². The van der Waals surface area contributed by atoms with Crippen LogP contribution in [-0.4, -0.2) is 26.8 Å². The number of aromatic carboxylic acids is 1. The van der Waals surface area contributed by atoms with E-state index in [-0.39, 0.29) is 11.3 Å². The summed E-state index contributed by atoms with van der Waals surface area (Å²) in [5.74, 6) is -1.67. The average molecular weight is 273 g/mol. The SMILES string of the molecule is Cc1ccc(NC(=O)c2cnn(C)c2C(=O)O)c(C)c1. The smallest absolute Gasteiger partial charge is 0.354 e. The third kappa shape index (κ3) is 2.54. The number of anilines is 1. The van der Waals surface area contributed by atoms with E-state index < -0.39 is 11.9 Å². The molecule has 0 aliphatic carbocycles. The minimum atomic E-state index is -1.18. The summed E-state index contributed by atoms with van der Waals surface area (Å²) in [6.07, 6.45) is 1.25. The molecule has 104 valence electrons. The molecule has 0 spiro atoms. The Labute approximate surface area is 116 Å². The molecule has 2 N–H and O–H groups in total. The Bertz CT molecular complexity index is 689. The first-order valence-corrected chi connectivity index (χ1v) is 6.04. The van der Waals surface area contributed by atoms with Crippen LogP contribution in [-0.2, 0) is 7.05 Å². The van der Waals surface area contributed by atoms with E-state index in [1.807, 2.05) is 26.0 Å². The number of amides is 1. The van der Waals surface area contributed by atoms with Gasteiger partial charge in [0.05, 0.1) is 11.8 Å². The van der Waals surface area contributed by atoms with Crippen molar-refractivity contribution in [2.75, 3.05) is 5.32 Å². The highest BCUT2D eigenvalue weighted by Gasteiger charge is 2.21. The van der Waals surface area contributed by atoms with Crippen LogP contribution in [0.15, 0.2) is 24.4 Å². The van der Waals surface area contributed by atoms with E-state index in [4.69, 9.17) is 5.11 Å². The molecular formula is C14H15N3O3. The van der Waals surface area contributed by atoms with E-state index in [2.05, 4.69) is 10.4 Å². The number of nitrogens with zero attached hydrogens (tertiary/aromatic N) is 2. The molecule has 0 saturated heterocycles. The molecule has 20 heavy (non-hydrogen) atoms. The monoisotopic (exact) mass is 273 g/mol. The number of carbonyl (C=O) groups is 2. The average Bonchev–Trinajstić information content (AvgIpc) is 2.74. The molecular weight excluding hydrogens is 258 g/mol. The van der Waals surface area contributed by atoms with E-state index in [1.54, 1.807) is 6.07 Å². The number of carboxylic acids is 1. The van der Waals surface area contributed by atoms with Crippen molar-refractivity contribution in [3.05, 3.63) is 46.8 Å². The maximum atomic E-state index is 12.2. The Morgan fingerprint density at radius 2 is 2.00 bits per heavy atom. The molecule has 0 fully saturated rings. The highest BCUT2D eigenvalue weighted by Crippen LogP contribution is 2.18. The Morgan fingerprint density at radius 1 is 1.30 bits per heavy atom. The first-order valence-electron chi connectivity index (χ1n) is 6.04. The highest BCUT2D eigenvalue weighted by atomic mass is 16.4. The highest BCUT2D eigenvalue weighted by molar-refractivity contribution is 6.10. The van der Waals surface area contributed by atoms with Gasteiger partial charge in [-0.25, -0.2) is 4.79 Å². The van der Waals surface area contributed by atoms with Gasteiger partial charge in [0.15, 0.2) is 5.69 Å². The van der Waals surface area contributed by atoms with E-state index in [9.17, 15) is 9.59 Å². The Hall–Kier alpha value is -2.63. The fourth-order valence-corrected chi connectivity index (χ4v) is 2.00. The topological polar surface area (TPSA) is 84.2 Å². The number of aryl methyl sites for hydroxylation is 3. The summed E-state index contributed by atoms with van der Waals surface area (Å²) in [6.45, 7) is 3.84. The number of nitrogens with one attached hydrogen (secondary N) is 1. The van der Waals surface area contributed by atoms with Gasteiger partial charge in [0.25, 0.3) is 5.91 Å². The maximum absolute atomic E-state index is 12.2. The van der Waals surface area contributed by atoms with Gasteiger partial charge in [0.1, 0.15) is 0 Å². The van der Waals surface area contributed by atoms with Crippen LogP contribution in [0, 0.1) is 13.8 Å². The van der Waals surface area contributed by atoms with Gasteiger partial charge in [-0.3, -0.25) is 9.48 Å². The van der Waals surface area contributed by atoms with Gasteiger partial charge in [-0.15, -0.1) is 0 Å². The standard InChI is InChI=1S/C14H15N3O3/c1-8-4-5-11(9(2)6-8)16-13(18)10-7-15-17(3)12(10)14(19)20/h4-7H,1-3H3,(H,16,18)(H,19,20). The lowest BCUT2D eigenvalue weighted by atomic mass is 10.1. The van der Waals surface area contributed by atoms with E-state index >= 15 is 0 Å². The summed E-state index contributed by atoms with van der Waals surface area (Å²) >= 11 is 0. The molecule has 1 aromatic carbocycles. The number of benzene rings is 1. The quantitative estimate of drug-likeness (QED) is 0.895. The van der Waals surface area contributed by atoms with Crippen molar-refractivity contribution in [2.24, 2.45) is 7.05 Å². The normalized spacial score (nSPS) is 10.3. The van der Waals surface area contributed by atoms with Crippen LogP contribution in [0.3, 0.4) is 0 Å². The molecule has 0 aliphatic heterocycles. The van der Waals surface area contributed by atoms with Crippen molar-refractivity contribution < 1.29 is 14.7 Å². The number of hydrogen-bond donors (Lipinski definition) is 2. The molecule has 0 bridgehead atoms. The van der Waals surface area contributed by atoms with E-state index in [0.717, 1.165) is 11.1 Å². The van der Waals surface area contributed by atoms with E-state index in [1.165, 1.54) is 17.9 Å². The second-order valence-corrected chi connectivity index (χ2v) is 4.61. The van der Waals surface area contributed by atoms with Crippen LogP contribution < -0.4 is 5.32 Å². The Kier molecular flexibility index (Phi) is 3.56. The zero-order valence-electron chi connectivity index (χ0n) is 11.5. The molecule has 0 saturated carbocycles. The minimum Gasteiger partial charge on any atom is -0.477 e. The number of carbonyl (C=O) groups excluding carboxylic acids is 1. The largest absolute Gasteiger partial charge is 0.477 e. The molecule has 0 radical (unpaired) electrons. The van der Waals surface area contributed by atoms with Crippen molar-refractivity contribution in [3.8, 4) is 0 Å². The third-order valence-corrected chi connectivity index (χ3v) is 3.02. The molecule has 6 heteroatoms. The van der Waals surface area contributed by atoms with Crippen molar-refractivity contribution >= 4 is 17.6 Å². The van der Waals surface area contributed by atoms with Crippen LogP contribution in [0.4, 0.5) is 5.69 Å². The first kappa shape index (κ1) is 13.8. The maximum Gasteiger partial charge on any atom is 0.354 e. The second-order valence-electron chi connectivity index (χ2n) is 4.61. The van der Waals surface area contributed by atoms with Gasteiger partial charge >= 0.3 is 5.97 Å². The summed E-state index contributed by atoms with van der Waals surface area (Å²) in [5.41, 5.74) is 2.57. The lowest BCUT2D eigenvalue weighted by Gasteiger charge is -2.08. The summed E-state index contributed by atoms with van der Waals surface area (Å²) in [6, 6.07) is 5.61. The zero-order chi connectivity index (χ0) is 14.9. The number of hydrogen-bond acceptors (Lipinski definition) is 3. The lowest BCUT2D eigenvalue weighted by Crippen LogP contribution is -2.17. The van der Waals surface area contributed by atoms with Crippen molar-refractivity contribution in [1.82, 2.24) is 9.78 Å². The molecule has 0 unspecified atom stereocenters. The van der Waals surface area contributed by atoms with Crippen molar-refractivity contribution in [3.63, 3.8) is 0 Å². The second kappa shape index (κ2) is 5.16. The van der Waals surface area contributed by atoms with Gasteiger partial charge in [-0.2, -0.15) is 5.10 Å². The Balaban J connectivity index is 2.31. The van der Waals surface area contributed by atoms with Gasteiger partial charge in [-0.1, -0.05) is 17.7 Å². The minimum absolute atomic E-state index is 0.0416. The number of aromatic nitrogens is 2. The summed E-state index contributed by atoms with van der Waals surface area (Å²) in [5, 5.41) is 15.6.